The molecule has 7 heteroatoms. The lowest BCUT2D eigenvalue weighted by atomic mass is 10.1. The Morgan fingerprint density at radius 2 is 1.86 bits per heavy atom. The molecule has 0 spiro atoms. The molecule has 0 aliphatic carbocycles. The zero-order valence-corrected chi connectivity index (χ0v) is 15.6. The van der Waals surface area contributed by atoms with Crippen molar-refractivity contribution in [2.75, 3.05) is 20.8 Å². The van der Waals surface area contributed by atoms with E-state index in [4.69, 9.17) is 9.47 Å². The Balaban J connectivity index is 1.50. The summed E-state index contributed by atoms with van der Waals surface area (Å²) in [5.74, 6) is 0.785. The van der Waals surface area contributed by atoms with Crippen molar-refractivity contribution in [1.82, 2.24) is 15.3 Å². The third-order valence-corrected chi connectivity index (χ3v) is 4.81. The topological polar surface area (TPSA) is 79.1 Å². The molecule has 3 N–H and O–H groups in total. The largest absolute Gasteiger partial charge is 0.496 e. The van der Waals surface area contributed by atoms with Gasteiger partial charge in [0.25, 0.3) is 5.91 Å². The van der Waals surface area contributed by atoms with E-state index in [0.29, 0.717) is 35.7 Å². The summed E-state index contributed by atoms with van der Waals surface area (Å²) in [5.41, 5.74) is 2.95. The van der Waals surface area contributed by atoms with Crippen LogP contribution in [0.2, 0.25) is 0 Å². The number of hydrogen-bond acceptors (Lipinski definition) is 3. The number of ether oxygens (including phenoxy) is 2. The summed E-state index contributed by atoms with van der Waals surface area (Å²) in [7, 11) is 3.16. The smallest absolute Gasteiger partial charge is 0.267 e. The van der Waals surface area contributed by atoms with Crippen molar-refractivity contribution in [3.05, 3.63) is 59.7 Å². The molecule has 0 unspecified atom stereocenters. The first-order chi connectivity index (χ1) is 13.6. The second-order valence-corrected chi connectivity index (χ2v) is 6.45. The summed E-state index contributed by atoms with van der Waals surface area (Å²) in [6.07, 6.45) is 2.43. The molecule has 1 amide bonds. The number of aromatic amines is 2. The molecule has 0 aliphatic rings. The highest BCUT2D eigenvalue weighted by atomic mass is 19.1. The fourth-order valence-electron chi connectivity index (χ4n) is 3.40. The molecular formula is C21H20FN3O3. The minimum Gasteiger partial charge on any atom is -0.496 e. The number of carbonyl (C=O) groups is 1. The summed E-state index contributed by atoms with van der Waals surface area (Å²) in [4.78, 5) is 18.8. The maximum absolute atomic E-state index is 13.5. The lowest BCUT2D eigenvalue weighted by Gasteiger charge is -2.05. The zero-order valence-electron chi connectivity index (χ0n) is 15.6. The SMILES string of the molecule is COc1ccc(OC)c2[nH]c(C(=O)NCCc3c[nH]c4ccc(F)cc34)cc12. The Kier molecular flexibility index (Phi) is 4.65. The van der Waals surface area contributed by atoms with Crippen LogP contribution in [0.25, 0.3) is 21.8 Å². The summed E-state index contributed by atoms with van der Waals surface area (Å²) >= 11 is 0. The minimum absolute atomic E-state index is 0.230. The van der Waals surface area contributed by atoms with E-state index in [9.17, 15) is 9.18 Å². The number of benzene rings is 2. The Morgan fingerprint density at radius 1 is 1.07 bits per heavy atom. The number of fused-ring (bicyclic) bond motifs is 2. The standard InChI is InChI=1S/C21H20FN3O3/c1-27-18-5-6-19(28-2)20-15(18)10-17(25-20)21(26)23-8-7-12-11-24-16-4-3-13(22)9-14(12)16/h3-6,9-11,24-25H,7-8H2,1-2H3,(H,23,26). The minimum atomic E-state index is -0.279. The van der Waals surface area contributed by atoms with E-state index in [1.807, 2.05) is 6.20 Å². The van der Waals surface area contributed by atoms with Gasteiger partial charge >= 0.3 is 0 Å². The fraction of sp³-hybridized carbons (Fsp3) is 0.190. The number of amides is 1. The highest BCUT2D eigenvalue weighted by molar-refractivity contribution is 6.01. The van der Waals surface area contributed by atoms with E-state index in [0.717, 1.165) is 21.9 Å². The van der Waals surface area contributed by atoms with Gasteiger partial charge in [-0.1, -0.05) is 0 Å². The van der Waals surface area contributed by atoms with Gasteiger partial charge < -0.3 is 24.8 Å². The first-order valence-corrected chi connectivity index (χ1v) is 8.88. The summed E-state index contributed by atoms with van der Waals surface area (Å²) in [6, 6.07) is 9.95. The van der Waals surface area contributed by atoms with Crippen molar-refractivity contribution in [1.29, 1.82) is 0 Å². The molecule has 2 heterocycles. The molecule has 4 aromatic rings. The highest BCUT2D eigenvalue weighted by Gasteiger charge is 2.15. The van der Waals surface area contributed by atoms with Crippen LogP contribution in [0.3, 0.4) is 0 Å². The molecule has 0 saturated carbocycles. The van der Waals surface area contributed by atoms with Crippen LogP contribution in [0, 0.1) is 5.82 Å². The Morgan fingerprint density at radius 3 is 2.64 bits per heavy atom. The number of hydrogen-bond donors (Lipinski definition) is 3. The van der Waals surface area contributed by atoms with Gasteiger partial charge in [0.15, 0.2) is 0 Å². The van der Waals surface area contributed by atoms with Crippen LogP contribution in [0.15, 0.2) is 42.6 Å². The van der Waals surface area contributed by atoms with Crippen molar-refractivity contribution >= 4 is 27.7 Å². The molecule has 2 aromatic carbocycles. The second kappa shape index (κ2) is 7.26. The summed E-state index contributed by atoms with van der Waals surface area (Å²) < 4.78 is 24.2. The van der Waals surface area contributed by atoms with Gasteiger partial charge in [-0.25, -0.2) is 4.39 Å². The zero-order chi connectivity index (χ0) is 19.7. The molecule has 144 valence electrons. The van der Waals surface area contributed by atoms with Gasteiger partial charge in [-0.2, -0.15) is 0 Å². The lowest BCUT2D eigenvalue weighted by Crippen LogP contribution is -2.25. The Bertz CT molecular complexity index is 1120. The average Bonchev–Trinajstić information content (AvgIpc) is 3.32. The third-order valence-electron chi connectivity index (χ3n) is 4.81. The number of halogens is 1. The first-order valence-electron chi connectivity index (χ1n) is 8.88. The molecule has 0 saturated heterocycles. The van der Waals surface area contributed by atoms with Crippen LogP contribution >= 0.6 is 0 Å². The number of aromatic nitrogens is 2. The van der Waals surface area contributed by atoms with Crippen LogP contribution < -0.4 is 14.8 Å². The van der Waals surface area contributed by atoms with Gasteiger partial charge in [0.05, 0.1) is 19.7 Å². The molecule has 0 aliphatic heterocycles. The van der Waals surface area contributed by atoms with Crippen molar-refractivity contribution in [3.63, 3.8) is 0 Å². The monoisotopic (exact) mass is 381 g/mol. The van der Waals surface area contributed by atoms with E-state index in [1.54, 1.807) is 38.5 Å². The number of H-pyrrole nitrogens is 2. The van der Waals surface area contributed by atoms with Crippen molar-refractivity contribution in [3.8, 4) is 11.5 Å². The average molecular weight is 381 g/mol. The normalized spacial score (nSPS) is 11.1. The number of carbonyl (C=O) groups excluding carboxylic acids is 1. The van der Waals surface area contributed by atoms with E-state index in [2.05, 4.69) is 15.3 Å². The third kappa shape index (κ3) is 3.15. The van der Waals surface area contributed by atoms with Gasteiger partial charge in [-0.15, -0.1) is 0 Å². The molecule has 4 rings (SSSR count). The van der Waals surface area contributed by atoms with Gasteiger partial charge in [0.1, 0.15) is 23.0 Å². The van der Waals surface area contributed by atoms with Crippen molar-refractivity contribution in [2.24, 2.45) is 0 Å². The van der Waals surface area contributed by atoms with Gasteiger partial charge in [0.2, 0.25) is 0 Å². The highest BCUT2D eigenvalue weighted by Crippen LogP contribution is 2.33. The van der Waals surface area contributed by atoms with Crippen LogP contribution in [-0.2, 0) is 6.42 Å². The molecule has 2 aromatic heterocycles. The van der Waals surface area contributed by atoms with E-state index >= 15 is 0 Å². The molecule has 0 bridgehead atoms. The number of methoxy groups -OCH3 is 2. The van der Waals surface area contributed by atoms with Crippen LogP contribution in [0.4, 0.5) is 4.39 Å². The van der Waals surface area contributed by atoms with Crippen molar-refractivity contribution < 1.29 is 18.7 Å². The molecule has 6 nitrogen and oxygen atoms in total. The van der Waals surface area contributed by atoms with Crippen LogP contribution in [0.1, 0.15) is 16.1 Å². The predicted molar refractivity (Wildman–Crippen MR) is 106 cm³/mol. The Labute approximate surface area is 160 Å². The summed E-state index contributed by atoms with van der Waals surface area (Å²) in [5, 5.41) is 4.50. The van der Waals surface area contributed by atoms with E-state index < -0.39 is 0 Å². The van der Waals surface area contributed by atoms with E-state index in [1.165, 1.54) is 12.1 Å². The maximum Gasteiger partial charge on any atom is 0.267 e. The van der Waals surface area contributed by atoms with Gasteiger partial charge in [0, 0.05) is 29.0 Å². The lowest BCUT2D eigenvalue weighted by molar-refractivity contribution is 0.0950. The first kappa shape index (κ1) is 17.9. The second-order valence-electron chi connectivity index (χ2n) is 6.45. The van der Waals surface area contributed by atoms with Gasteiger partial charge in [-0.3, -0.25) is 4.79 Å². The fourth-order valence-corrected chi connectivity index (χ4v) is 3.40. The maximum atomic E-state index is 13.5. The van der Waals surface area contributed by atoms with E-state index in [-0.39, 0.29) is 11.7 Å². The Hall–Kier alpha value is -3.48. The van der Waals surface area contributed by atoms with Crippen LogP contribution in [0.5, 0.6) is 11.5 Å². The van der Waals surface area contributed by atoms with Crippen molar-refractivity contribution in [2.45, 2.75) is 6.42 Å². The molecular weight excluding hydrogens is 361 g/mol. The number of rotatable bonds is 6. The number of nitrogens with one attached hydrogen (secondary N) is 3. The molecule has 0 fully saturated rings. The predicted octanol–water partition coefficient (Wildman–Crippen LogP) is 3.78. The van der Waals surface area contributed by atoms with Gasteiger partial charge in [-0.05, 0) is 48.4 Å². The quantitative estimate of drug-likeness (QED) is 0.476. The molecule has 0 radical (unpaired) electrons. The molecule has 28 heavy (non-hydrogen) atoms. The summed E-state index contributed by atoms with van der Waals surface area (Å²) in [6.45, 7) is 0.423. The van der Waals surface area contributed by atoms with Crippen LogP contribution in [-0.4, -0.2) is 36.6 Å². The molecule has 0 atom stereocenters.